The molecule has 0 saturated carbocycles. The Labute approximate surface area is 883 Å². The molecule has 0 saturated heterocycles. The molecule has 0 amide bonds. The van der Waals surface area contributed by atoms with Crippen LogP contribution in [0.4, 0.5) is 22.7 Å². The Morgan fingerprint density at radius 1 is 0.278 bits per heavy atom. The van der Waals surface area contributed by atoms with Gasteiger partial charge >= 0.3 is 0 Å². The first-order chi connectivity index (χ1) is 78.1. The number of nitrogens with zero attached hydrogens (tertiary/aromatic N) is 8. The summed E-state index contributed by atoms with van der Waals surface area (Å²) in [6.45, 7) is 55.6. The van der Waals surface area contributed by atoms with E-state index in [0.29, 0.717) is 135 Å². The van der Waals surface area contributed by atoms with Crippen LogP contribution in [0.15, 0.2) is 260 Å². The highest BCUT2D eigenvalue weighted by molar-refractivity contribution is 6.21. The molecule has 0 fully saturated rings. The van der Waals surface area contributed by atoms with Crippen LogP contribution in [0.25, 0.3) is 197 Å². The van der Waals surface area contributed by atoms with Gasteiger partial charge in [0.15, 0.2) is 22.8 Å². The molecule has 144 heavy (non-hydrogen) atoms. The zero-order valence-electron chi connectivity index (χ0n) is 110. The molecule has 0 bridgehead atoms. The van der Waals surface area contributed by atoms with Gasteiger partial charge in [0, 0.05) is 145 Å². The second kappa shape index (κ2) is 39.0. The molecule has 12 heteroatoms. The molecule has 0 spiro atoms. The van der Waals surface area contributed by atoms with Crippen molar-refractivity contribution >= 4 is 111 Å². The normalized spacial score (nSPS) is 15.0. The van der Waals surface area contributed by atoms with E-state index >= 15 is 0 Å². The van der Waals surface area contributed by atoms with Crippen LogP contribution in [0, 0.1) is 131 Å². The topological polar surface area (TPSA) is 85.5 Å². The van der Waals surface area contributed by atoms with Crippen molar-refractivity contribution in [2.24, 2.45) is 49.9 Å². The molecular formula is C132H132N8O4+4. The fourth-order valence-corrected chi connectivity index (χ4v) is 18.9. The number of rotatable bonds is 12. The maximum absolute atomic E-state index is 9.48. The molecule has 0 radical (unpaired) electrons. The minimum atomic E-state index is -2.64. The molecule has 12 nitrogen and oxygen atoms in total. The van der Waals surface area contributed by atoms with Crippen molar-refractivity contribution in [3.8, 4) is 89.5 Å². The zero-order chi connectivity index (χ0) is 124. The van der Waals surface area contributed by atoms with E-state index in [9.17, 15) is 5.48 Å². The lowest BCUT2D eigenvalue weighted by Crippen LogP contribution is -2.36. The van der Waals surface area contributed by atoms with Crippen LogP contribution >= 0.6 is 0 Å². The summed E-state index contributed by atoms with van der Waals surface area (Å²) < 4.78 is 243. The summed E-state index contributed by atoms with van der Waals surface area (Å²) in [5.41, 5.74) is 15.4. The van der Waals surface area contributed by atoms with Crippen LogP contribution in [0.5, 0.6) is 0 Å². The third-order valence-corrected chi connectivity index (χ3v) is 26.4. The van der Waals surface area contributed by atoms with Gasteiger partial charge in [0.25, 0.3) is 0 Å². The number of hydrogen-bond acceptors (Lipinski definition) is 4. The first kappa shape index (κ1) is 73.5. The Morgan fingerprint density at radius 3 is 1.01 bits per heavy atom. The predicted molar refractivity (Wildman–Crippen MR) is 598 cm³/mol. The monoisotopic (exact) mass is 1920 g/mol. The van der Waals surface area contributed by atoms with E-state index < -0.39 is 74.6 Å². The highest BCUT2D eigenvalue weighted by atomic mass is 16.3. The molecule has 0 unspecified atom stereocenters. The van der Waals surface area contributed by atoms with E-state index in [-0.39, 0.29) is 68.7 Å². The third kappa shape index (κ3) is 19.0. The Balaban J connectivity index is 0.000000149. The molecule has 20 rings (SSSR count). The van der Waals surface area contributed by atoms with Gasteiger partial charge in [-0.15, -0.1) is 0 Å². The van der Waals surface area contributed by atoms with Crippen molar-refractivity contribution in [2.45, 2.75) is 191 Å². The molecule has 0 aliphatic rings. The molecule has 0 aliphatic carbocycles. The van der Waals surface area contributed by atoms with Crippen LogP contribution in [0.3, 0.4) is 0 Å². The fraction of sp³-hybridized carbons (Fsp3) is 0.273. The standard InChI is InChI=1S/4C33H33N2O/c1-20-17-26(23-13-10-9-11-14-23)30-25-15-12-16-27(34-7)31(25)36-32(30)29(20)28-18-24(19-33(4,5)6)21(2)22(3)35(28)8;1-20-14-15-26-27-16-24(23-12-10-9-11-13-23)17-28(34-7)31(27)36-32(26)30(20)29-18-25(19-33(4,5)6)21(2)22(3)35(29)8;1-20-14-15-26-30-25(23-12-10-9-11-13-23)16-17-27(34-7)32(30)36-31(26)29(20)28-18-24(19-33(4,5)6)21(2)22(3)35(28)8;1-20-14-15-26-27-17-16-25(23-12-10-9-11-13-23)30(34-7)32(27)36-31(26)29(20)28-18-24(19-33(4,5)6)21(2)22(3)35(28)8/h4*9-18H,19H2,1-6,8H3/q4*+1/i4*2D3,18D,19D2. The van der Waals surface area contributed by atoms with Crippen molar-refractivity contribution in [3.63, 3.8) is 0 Å². The lowest BCUT2D eigenvalue weighted by Gasteiger charge is -2.21. The lowest BCUT2D eigenvalue weighted by molar-refractivity contribution is -0.667. The fourth-order valence-electron chi connectivity index (χ4n) is 18.9. The van der Waals surface area contributed by atoms with Crippen molar-refractivity contribution in [1.82, 2.24) is 0 Å². The number of para-hydroxylation sites is 1. The minimum absolute atomic E-state index is 0.138. The first-order valence-corrected chi connectivity index (χ1v) is 47.9. The Hall–Kier alpha value is -15.6. The van der Waals surface area contributed by atoms with Crippen LogP contribution in [-0.2, 0) is 53.7 Å². The van der Waals surface area contributed by atoms with Crippen molar-refractivity contribution in [3.05, 3.63) is 378 Å². The molecule has 0 atom stereocenters. The van der Waals surface area contributed by atoms with Gasteiger partial charge < -0.3 is 17.7 Å². The zero-order valence-corrected chi connectivity index (χ0v) is 86.0. The van der Waals surface area contributed by atoms with E-state index in [2.05, 4.69) is 19.4 Å². The largest absolute Gasteiger partial charge is 0.466 e. The summed E-state index contributed by atoms with van der Waals surface area (Å²) in [6.07, 6.45) is -8.57. The quantitative estimate of drug-likeness (QED) is 0.0901. The molecule has 0 N–H and O–H groups in total. The Morgan fingerprint density at radius 2 is 0.597 bits per heavy atom. The van der Waals surface area contributed by atoms with Crippen LogP contribution in [-0.4, -0.2) is 0 Å². The van der Waals surface area contributed by atoms with E-state index in [1.54, 1.807) is 175 Å². The average molecular weight is 1920 g/mol. The number of benzene rings is 12. The maximum Gasteiger partial charge on any atom is 0.237 e. The molecular weight excluding hydrogens is 1760 g/mol. The molecule has 12 aromatic carbocycles. The molecule has 8 aromatic heterocycles. The van der Waals surface area contributed by atoms with Gasteiger partial charge in [-0.3, -0.25) is 0 Å². The molecule has 0 aliphatic heterocycles. The smallest absolute Gasteiger partial charge is 0.237 e. The lowest BCUT2D eigenvalue weighted by atomic mass is 9.85. The molecule has 20 aromatic rings. The van der Waals surface area contributed by atoms with Gasteiger partial charge in [-0.05, 0) is 209 Å². The number of furan rings is 4. The Kier molecular flexibility index (Phi) is 19.9. The predicted octanol–water partition coefficient (Wildman–Crippen LogP) is 35.2. The van der Waals surface area contributed by atoms with Crippen molar-refractivity contribution in [2.75, 3.05) is 0 Å². The Bertz CT molecular complexity index is 9840. The van der Waals surface area contributed by atoms with E-state index in [1.807, 2.05) is 228 Å². The van der Waals surface area contributed by atoms with Gasteiger partial charge in [-0.1, -0.05) is 283 Å². The van der Waals surface area contributed by atoms with Crippen molar-refractivity contribution in [1.29, 1.82) is 0 Å². The van der Waals surface area contributed by atoms with Crippen molar-refractivity contribution < 1.29 is 68.8 Å². The summed E-state index contributed by atoms with van der Waals surface area (Å²) in [7, 11) is 6.81. The van der Waals surface area contributed by atoms with Crippen LogP contribution < -0.4 is 18.3 Å². The van der Waals surface area contributed by atoms with E-state index in [1.165, 1.54) is 0 Å². The second-order valence-electron chi connectivity index (χ2n) is 41.2. The van der Waals surface area contributed by atoms with Gasteiger partial charge in [-0.25, -0.2) is 19.4 Å². The summed E-state index contributed by atoms with van der Waals surface area (Å²) in [4.78, 5) is 15.0. The molecule has 720 valence electrons. The third-order valence-electron chi connectivity index (χ3n) is 26.4. The summed E-state index contributed by atoms with van der Waals surface area (Å²) in [5.74, 6) is 0. The number of fused-ring (bicyclic) bond motifs is 12. The van der Waals surface area contributed by atoms with E-state index in [4.69, 9.17) is 71.4 Å². The second-order valence-corrected chi connectivity index (χ2v) is 41.2. The van der Waals surface area contributed by atoms with Gasteiger partial charge in [0.05, 0.1) is 54.0 Å². The van der Waals surface area contributed by atoms with E-state index in [0.717, 1.165) is 110 Å². The molecule has 8 heterocycles. The number of aromatic nitrogens is 4. The van der Waals surface area contributed by atoms with Crippen LogP contribution in [0.2, 0.25) is 0 Å². The number of hydrogen-bond donors (Lipinski definition) is 0. The first-order valence-electron chi connectivity index (χ1n) is 59.9. The van der Waals surface area contributed by atoms with Gasteiger partial charge in [0.2, 0.25) is 45.5 Å². The minimum Gasteiger partial charge on any atom is -0.466 e. The SMILES string of the molecule is [2H]c1c(C([2H])([2H])C(C)(C)C)c(C([2H])([2H])[2H])c(C)[n+](C)c1-c1c(C)cc(-c2ccccc2)c2c1oc1c([N+]#[C-])cccc12.[2H]c1c(C([2H])([2H])C(C)(C)C)c(C([2H])([2H])[2H])c(C)[n+](C)c1-c1c(C)ccc2c1oc1c([N+]#[C-])c(-c3ccccc3)ccc12.[2H]c1c(C([2H])([2H])C(C)(C)C)c(C([2H])([2H])[2H])c(C)[n+](C)c1-c1c(C)ccc2c1oc1c([N+]#[C-])cc(-c3ccccc3)cc12.[2H]c1c(C([2H])([2H])C(C)(C)C)c(C([2H])([2H])[2H])c(C)[n+](C)c1-c1c(C)ccc2c1oc1c([N+]#[C-])ccc(-c3ccccc3)c12. The summed E-state index contributed by atoms with van der Waals surface area (Å²) in [5, 5.41) is 6.10. The average Bonchev–Trinajstić information content (AvgIpc) is 1.37. The highest BCUT2D eigenvalue weighted by Gasteiger charge is 2.35. The number of aryl methyl sites for hydroxylation is 4. The van der Waals surface area contributed by atoms with Crippen LogP contribution in [0.1, 0.15) is 206 Å². The summed E-state index contributed by atoms with van der Waals surface area (Å²) >= 11 is 0. The van der Waals surface area contributed by atoms with Gasteiger partial charge in [-0.2, -0.15) is 18.3 Å². The van der Waals surface area contributed by atoms with Gasteiger partial charge in [0.1, 0.15) is 72.9 Å². The summed E-state index contributed by atoms with van der Waals surface area (Å²) in [6, 6.07) is 68.7. The maximum atomic E-state index is 9.48. The number of pyridine rings is 4. The highest BCUT2D eigenvalue weighted by Crippen LogP contribution is 2.52.